The summed E-state index contributed by atoms with van der Waals surface area (Å²) in [5, 5.41) is 35.1. The summed E-state index contributed by atoms with van der Waals surface area (Å²) >= 11 is 0. The molecule has 0 amide bonds. The number of ketones is 1. The number of phosphoric acid groups is 1. The van der Waals surface area contributed by atoms with Gasteiger partial charge in [-0.2, -0.15) is 0 Å². The second-order valence-corrected chi connectivity index (χ2v) is 4.07. The van der Waals surface area contributed by atoms with Gasteiger partial charge in [0.05, 0.1) is 6.61 Å². The maximum absolute atomic E-state index is 11.0. The molecular weight excluding hydrogens is 247 g/mol. The van der Waals surface area contributed by atoms with Crippen LogP contribution in [0.3, 0.4) is 0 Å². The summed E-state index contributed by atoms with van der Waals surface area (Å²) < 4.78 is 14.4. The van der Waals surface area contributed by atoms with Crippen molar-refractivity contribution in [3.8, 4) is 0 Å². The van der Waals surface area contributed by atoms with Crippen LogP contribution in [0.25, 0.3) is 0 Å². The van der Waals surface area contributed by atoms with Crippen LogP contribution >= 0.6 is 7.82 Å². The van der Waals surface area contributed by atoms with E-state index in [1.807, 2.05) is 0 Å². The number of hydrogen-bond acceptors (Lipinski definition) is 7. The molecule has 6 N–H and O–H groups in total. The van der Waals surface area contributed by atoms with Crippen LogP contribution < -0.4 is 0 Å². The van der Waals surface area contributed by atoms with Gasteiger partial charge >= 0.3 is 7.82 Å². The normalized spacial score (nSPS) is 17.9. The molecule has 0 aliphatic rings. The lowest BCUT2D eigenvalue weighted by atomic mass is 10.1. The fraction of sp³-hybridized carbons (Fsp3) is 0.833. The van der Waals surface area contributed by atoms with Crippen LogP contribution in [0, 0.1) is 0 Å². The highest BCUT2D eigenvalue weighted by Crippen LogP contribution is 2.38. The molecule has 0 aromatic carbocycles. The monoisotopic (exact) mass is 260 g/mol. The highest BCUT2D eigenvalue weighted by molar-refractivity contribution is 7.46. The van der Waals surface area contributed by atoms with Crippen LogP contribution in [-0.2, 0) is 13.9 Å². The first-order valence-electron chi connectivity index (χ1n) is 4.07. The van der Waals surface area contributed by atoms with Crippen molar-refractivity contribution in [3.05, 3.63) is 0 Å². The Morgan fingerprint density at radius 2 is 1.75 bits per heavy atom. The molecule has 10 heteroatoms. The minimum Gasteiger partial charge on any atom is -0.394 e. The summed E-state index contributed by atoms with van der Waals surface area (Å²) in [6, 6.07) is 0. The molecule has 0 aromatic rings. The van der Waals surface area contributed by atoms with Gasteiger partial charge in [0.25, 0.3) is 0 Å². The molecule has 0 aromatic heterocycles. The van der Waals surface area contributed by atoms with Gasteiger partial charge in [-0.3, -0.25) is 9.32 Å². The number of rotatable bonds is 7. The molecule has 0 radical (unpaired) electrons. The Kier molecular flexibility index (Phi) is 6.23. The summed E-state index contributed by atoms with van der Waals surface area (Å²) in [6.45, 7) is -2.08. The second kappa shape index (κ2) is 6.38. The number of hydrogen-bond donors (Lipinski definition) is 6. The Morgan fingerprint density at radius 3 is 2.06 bits per heavy atom. The molecule has 0 heterocycles. The molecule has 0 saturated heterocycles. The lowest BCUT2D eigenvalue weighted by Gasteiger charge is -2.24. The molecule has 0 aliphatic carbocycles. The van der Waals surface area contributed by atoms with Crippen molar-refractivity contribution >= 4 is 13.6 Å². The van der Waals surface area contributed by atoms with Crippen LogP contribution in [0.1, 0.15) is 0 Å². The lowest BCUT2D eigenvalue weighted by Crippen LogP contribution is -2.46. The number of Topliss-reactive ketones (excluding diaryl/α,β-unsaturated/α-hetero) is 1. The van der Waals surface area contributed by atoms with E-state index in [0.29, 0.717) is 0 Å². The zero-order valence-corrected chi connectivity index (χ0v) is 8.90. The first-order chi connectivity index (χ1) is 7.22. The molecule has 0 bridgehead atoms. The van der Waals surface area contributed by atoms with Gasteiger partial charge < -0.3 is 30.2 Å². The van der Waals surface area contributed by atoms with Crippen molar-refractivity contribution in [3.63, 3.8) is 0 Å². The van der Waals surface area contributed by atoms with E-state index in [1.54, 1.807) is 0 Å². The van der Waals surface area contributed by atoms with E-state index in [1.165, 1.54) is 0 Å². The number of phosphoric ester groups is 1. The third kappa shape index (κ3) is 5.10. The summed E-state index contributed by atoms with van der Waals surface area (Å²) in [5.41, 5.74) is 0. The van der Waals surface area contributed by atoms with Crippen molar-refractivity contribution in [2.75, 3.05) is 13.2 Å². The predicted molar refractivity (Wildman–Crippen MR) is 48.1 cm³/mol. The molecule has 0 rings (SSSR count). The standard InChI is InChI=1S/C6H13O9P/c7-1-3(9)5(11)6(4(10)2-8)15-16(12,13)14/h3,5-9,11H,1-2H2,(H2,12,13,14)/t3-,5+,6+/m1/s1. The average molecular weight is 260 g/mol. The van der Waals surface area contributed by atoms with Gasteiger partial charge in [0.15, 0.2) is 11.9 Å². The first-order valence-corrected chi connectivity index (χ1v) is 5.60. The molecule has 0 fully saturated rings. The summed E-state index contributed by atoms with van der Waals surface area (Å²) in [4.78, 5) is 27.9. The maximum atomic E-state index is 11.0. The Balaban J connectivity index is 4.80. The largest absolute Gasteiger partial charge is 0.470 e. The molecule has 9 nitrogen and oxygen atoms in total. The van der Waals surface area contributed by atoms with Crippen LogP contribution in [-0.4, -0.2) is 67.5 Å². The SMILES string of the molecule is O=C(CO)[C@H](OP(=O)(O)O)[C@@H](O)[C@H](O)CO. The summed E-state index contributed by atoms with van der Waals surface area (Å²) in [5.74, 6) is -1.23. The molecule has 3 atom stereocenters. The van der Waals surface area contributed by atoms with E-state index >= 15 is 0 Å². The minimum absolute atomic E-state index is 0.944. The lowest BCUT2D eigenvalue weighted by molar-refractivity contribution is -0.141. The van der Waals surface area contributed by atoms with Gasteiger partial charge in [0.2, 0.25) is 0 Å². The van der Waals surface area contributed by atoms with Crippen molar-refractivity contribution in [2.45, 2.75) is 18.3 Å². The van der Waals surface area contributed by atoms with E-state index < -0.39 is 45.1 Å². The van der Waals surface area contributed by atoms with Gasteiger partial charge in [-0.05, 0) is 0 Å². The number of aliphatic hydroxyl groups is 4. The second-order valence-electron chi connectivity index (χ2n) is 2.88. The highest BCUT2D eigenvalue weighted by Gasteiger charge is 2.37. The number of aliphatic hydroxyl groups excluding tert-OH is 4. The van der Waals surface area contributed by atoms with Crippen molar-refractivity contribution in [1.82, 2.24) is 0 Å². The van der Waals surface area contributed by atoms with E-state index in [2.05, 4.69) is 4.52 Å². The van der Waals surface area contributed by atoms with Gasteiger partial charge in [-0.1, -0.05) is 0 Å². The average Bonchev–Trinajstić information content (AvgIpc) is 2.21. The van der Waals surface area contributed by atoms with E-state index in [9.17, 15) is 14.5 Å². The predicted octanol–water partition coefficient (Wildman–Crippen LogP) is -3.26. The quantitative estimate of drug-likeness (QED) is 0.258. The van der Waals surface area contributed by atoms with Crippen LogP contribution in [0.15, 0.2) is 0 Å². The number of carbonyl (C=O) groups excluding carboxylic acids is 1. The summed E-state index contributed by atoms with van der Waals surface area (Å²) in [7, 11) is -5.08. The minimum atomic E-state index is -5.08. The number of carbonyl (C=O) groups is 1. The van der Waals surface area contributed by atoms with Gasteiger partial charge in [-0.15, -0.1) is 0 Å². The van der Waals surface area contributed by atoms with Gasteiger partial charge in [0, 0.05) is 0 Å². The van der Waals surface area contributed by atoms with Gasteiger partial charge in [-0.25, -0.2) is 4.57 Å². The Bertz CT molecular complexity index is 273. The topological polar surface area (TPSA) is 165 Å². The van der Waals surface area contributed by atoms with E-state index in [0.717, 1.165) is 0 Å². The van der Waals surface area contributed by atoms with E-state index in [-0.39, 0.29) is 0 Å². The molecule has 16 heavy (non-hydrogen) atoms. The third-order valence-corrected chi connectivity index (χ3v) is 2.12. The molecule has 0 aliphatic heterocycles. The van der Waals surface area contributed by atoms with Crippen LogP contribution in [0.4, 0.5) is 0 Å². The Morgan fingerprint density at radius 1 is 1.25 bits per heavy atom. The third-order valence-electron chi connectivity index (χ3n) is 1.62. The molecule has 0 saturated carbocycles. The fourth-order valence-electron chi connectivity index (χ4n) is 0.859. The smallest absolute Gasteiger partial charge is 0.394 e. The first kappa shape index (κ1) is 15.6. The van der Waals surface area contributed by atoms with Crippen LogP contribution in [0.5, 0.6) is 0 Å². The molecule has 96 valence electrons. The molecular formula is C6H13O9P. The van der Waals surface area contributed by atoms with Crippen molar-refractivity contribution in [2.24, 2.45) is 0 Å². The van der Waals surface area contributed by atoms with Crippen molar-refractivity contribution in [1.29, 1.82) is 0 Å². The summed E-state index contributed by atoms with van der Waals surface area (Å²) in [6.07, 6.45) is -6.00. The Labute approximate surface area is 90.2 Å². The molecule has 0 spiro atoms. The zero-order valence-electron chi connectivity index (χ0n) is 8.00. The Hall–Kier alpha value is -0.380. The highest BCUT2D eigenvalue weighted by atomic mass is 31.2. The fourth-order valence-corrected chi connectivity index (χ4v) is 1.40. The van der Waals surface area contributed by atoms with Crippen molar-refractivity contribution < 1.29 is 44.1 Å². The van der Waals surface area contributed by atoms with Gasteiger partial charge in [0.1, 0.15) is 18.8 Å². The van der Waals surface area contributed by atoms with Crippen LogP contribution in [0.2, 0.25) is 0 Å². The zero-order chi connectivity index (χ0) is 12.9. The van der Waals surface area contributed by atoms with E-state index in [4.69, 9.17) is 25.1 Å². The molecule has 0 unspecified atom stereocenters. The maximum Gasteiger partial charge on any atom is 0.470 e.